The van der Waals surface area contributed by atoms with Crippen LogP contribution < -0.4 is 0 Å². The summed E-state index contributed by atoms with van der Waals surface area (Å²) in [6, 6.07) is 8.73. The number of imidazole rings is 1. The maximum Gasteiger partial charge on any atom is 0.186 e. The van der Waals surface area contributed by atoms with E-state index in [4.69, 9.17) is 9.47 Å². The highest BCUT2D eigenvalue weighted by molar-refractivity contribution is 5.21. The van der Waals surface area contributed by atoms with Crippen LogP contribution in [0.4, 0.5) is 0 Å². The highest BCUT2D eigenvalue weighted by Crippen LogP contribution is 2.36. The average Bonchev–Trinajstić information content (AvgIpc) is 3.07. The first-order valence-electron chi connectivity index (χ1n) is 9.19. The summed E-state index contributed by atoms with van der Waals surface area (Å²) in [6.07, 6.45) is 8.52. The van der Waals surface area contributed by atoms with Gasteiger partial charge in [-0.2, -0.15) is 0 Å². The molecule has 1 aliphatic heterocycles. The van der Waals surface area contributed by atoms with Crippen molar-refractivity contribution in [3.63, 3.8) is 0 Å². The van der Waals surface area contributed by atoms with Gasteiger partial charge >= 0.3 is 0 Å². The lowest BCUT2D eigenvalue weighted by Gasteiger charge is -2.45. The van der Waals surface area contributed by atoms with Gasteiger partial charge in [-0.25, -0.2) is 4.98 Å². The second-order valence-corrected chi connectivity index (χ2v) is 8.24. The number of aryl methyl sites for hydroxylation is 2. The van der Waals surface area contributed by atoms with E-state index in [0.717, 1.165) is 25.9 Å². The highest BCUT2D eigenvalue weighted by Gasteiger charge is 2.42. The minimum atomic E-state index is -0.595. The number of benzene rings is 1. The Morgan fingerprint density at radius 1 is 1.24 bits per heavy atom. The molecular weight excluding hydrogens is 312 g/mol. The number of rotatable bonds is 5. The van der Waals surface area contributed by atoms with E-state index in [1.807, 2.05) is 12.5 Å². The Morgan fingerprint density at radius 2 is 2.00 bits per heavy atom. The number of aromatic nitrogens is 2. The van der Waals surface area contributed by atoms with Crippen molar-refractivity contribution in [2.24, 2.45) is 5.41 Å². The highest BCUT2D eigenvalue weighted by atomic mass is 16.7. The minimum Gasteiger partial charge on any atom is -0.348 e. The average molecular weight is 342 g/mol. The van der Waals surface area contributed by atoms with Gasteiger partial charge in [0.15, 0.2) is 5.79 Å². The zero-order valence-electron chi connectivity index (χ0n) is 15.9. The van der Waals surface area contributed by atoms with Crippen LogP contribution in [0.1, 0.15) is 44.7 Å². The van der Waals surface area contributed by atoms with Crippen LogP contribution in [0.2, 0.25) is 0 Å². The molecule has 0 N–H and O–H groups in total. The molecule has 0 aliphatic carbocycles. The summed E-state index contributed by atoms with van der Waals surface area (Å²) < 4.78 is 14.9. The summed E-state index contributed by atoms with van der Waals surface area (Å²) >= 11 is 0. The molecule has 136 valence electrons. The first kappa shape index (κ1) is 18.2. The summed E-state index contributed by atoms with van der Waals surface area (Å²) in [5.74, 6) is -0.595. The lowest BCUT2D eigenvalue weighted by Crippen LogP contribution is -2.51. The van der Waals surface area contributed by atoms with Crippen LogP contribution in [-0.2, 0) is 22.4 Å². The Bertz CT molecular complexity index is 658. The Kier molecular flexibility index (Phi) is 5.30. The van der Waals surface area contributed by atoms with Crippen molar-refractivity contribution < 1.29 is 9.47 Å². The molecule has 1 aliphatic rings. The van der Waals surface area contributed by atoms with Crippen molar-refractivity contribution in [1.82, 2.24) is 9.55 Å². The second-order valence-electron chi connectivity index (χ2n) is 8.24. The minimum absolute atomic E-state index is 0.105. The molecule has 2 heterocycles. The molecule has 0 spiro atoms. The van der Waals surface area contributed by atoms with E-state index in [-0.39, 0.29) is 11.5 Å². The third kappa shape index (κ3) is 4.71. The fourth-order valence-corrected chi connectivity index (χ4v) is 3.35. The van der Waals surface area contributed by atoms with Crippen molar-refractivity contribution >= 4 is 0 Å². The van der Waals surface area contributed by atoms with Gasteiger partial charge in [0.05, 0.1) is 25.6 Å². The number of ether oxygens (including phenoxy) is 2. The maximum atomic E-state index is 6.59. The predicted octanol–water partition coefficient (Wildman–Crippen LogP) is 4.37. The molecule has 4 heteroatoms. The fraction of sp³-hybridized carbons (Fsp3) is 0.571. The van der Waals surface area contributed by atoms with E-state index in [1.165, 1.54) is 11.1 Å². The van der Waals surface area contributed by atoms with E-state index >= 15 is 0 Å². The Labute approximate surface area is 151 Å². The van der Waals surface area contributed by atoms with Gasteiger partial charge in [-0.1, -0.05) is 50.6 Å². The predicted molar refractivity (Wildman–Crippen MR) is 99.4 cm³/mol. The quantitative estimate of drug-likeness (QED) is 0.809. The van der Waals surface area contributed by atoms with Gasteiger partial charge in [0, 0.05) is 18.8 Å². The third-order valence-electron chi connectivity index (χ3n) is 4.97. The van der Waals surface area contributed by atoms with Gasteiger partial charge in [-0.15, -0.1) is 0 Å². The molecule has 1 aromatic heterocycles. The van der Waals surface area contributed by atoms with Gasteiger partial charge in [0.2, 0.25) is 0 Å². The molecule has 3 rings (SSSR count). The lowest BCUT2D eigenvalue weighted by molar-refractivity contribution is -0.317. The van der Waals surface area contributed by atoms with E-state index in [2.05, 4.69) is 61.5 Å². The molecule has 0 saturated carbocycles. The van der Waals surface area contributed by atoms with Crippen molar-refractivity contribution in [2.45, 2.75) is 65.4 Å². The summed E-state index contributed by atoms with van der Waals surface area (Å²) in [7, 11) is 0. The fourth-order valence-electron chi connectivity index (χ4n) is 3.35. The van der Waals surface area contributed by atoms with Crippen LogP contribution in [0.5, 0.6) is 0 Å². The molecule has 0 radical (unpaired) electrons. The van der Waals surface area contributed by atoms with Crippen LogP contribution >= 0.6 is 0 Å². The van der Waals surface area contributed by atoms with E-state index in [0.29, 0.717) is 6.54 Å². The first-order chi connectivity index (χ1) is 11.9. The van der Waals surface area contributed by atoms with Crippen LogP contribution in [0, 0.1) is 12.3 Å². The Balaban J connectivity index is 1.77. The third-order valence-corrected chi connectivity index (χ3v) is 4.97. The van der Waals surface area contributed by atoms with Gasteiger partial charge < -0.3 is 14.0 Å². The zero-order chi connectivity index (χ0) is 17.9. The lowest BCUT2D eigenvalue weighted by atomic mass is 9.86. The molecule has 1 saturated heterocycles. The SMILES string of the molecule is Cc1ccc(CCC2(Cn3ccnc3)OCCC(C(C)(C)C)O2)cc1. The number of hydrogen-bond donors (Lipinski definition) is 0. The molecule has 1 aromatic carbocycles. The summed E-state index contributed by atoms with van der Waals surface area (Å²) in [5, 5.41) is 0. The first-order valence-corrected chi connectivity index (χ1v) is 9.19. The zero-order valence-corrected chi connectivity index (χ0v) is 15.9. The maximum absolute atomic E-state index is 6.59. The van der Waals surface area contributed by atoms with Gasteiger partial charge in [0.25, 0.3) is 0 Å². The van der Waals surface area contributed by atoms with Gasteiger partial charge in [0.1, 0.15) is 0 Å². The van der Waals surface area contributed by atoms with Crippen LogP contribution in [0.15, 0.2) is 43.0 Å². The van der Waals surface area contributed by atoms with Gasteiger partial charge in [-0.3, -0.25) is 0 Å². The van der Waals surface area contributed by atoms with Crippen LogP contribution in [-0.4, -0.2) is 28.0 Å². The molecule has 2 unspecified atom stereocenters. The van der Waals surface area contributed by atoms with Crippen molar-refractivity contribution in [3.8, 4) is 0 Å². The monoisotopic (exact) mass is 342 g/mol. The topological polar surface area (TPSA) is 36.3 Å². The van der Waals surface area contributed by atoms with E-state index in [9.17, 15) is 0 Å². The molecular formula is C21H30N2O2. The van der Waals surface area contributed by atoms with E-state index in [1.54, 1.807) is 6.20 Å². The number of hydrogen-bond acceptors (Lipinski definition) is 3. The number of nitrogens with zero attached hydrogens (tertiary/aromatic N) is 2. The summed E-state index contributed by atoms with van der Waals surface area (Å²) in [6.45, 7) is 10.3. The van der Waals surface area contributed by atoms with Crippen molar-refractivity contribution in [2.75, 3.05) is 6.61 Å². The normalized spacial score (nSPS) is 24.4. The standard InChI is InChI=1S/C21H30N2O2/c1-17-5-7-18(8-6-17)9-11-21(15-23-13-12-22-16-23)24-14-10-19(25-21)20(2,3)4/h5-8,12-13,16,19H,9-11,14-15H2,1-4H3. The smallest absolute Gasteiger partial charge is 0.186 e. The molecule has 2 atom stereocenters. The summed E-state index contributed by atoms with van der Waals surface area (Å²) in [5.41, 5.74) is 2.71. The molecule has 4 nitrogen and oxygen atoms in total. The van der Waals surface area contributed by atoms with E-state index < -0.39 is 5.79 Å². The largest absolute Gasteiger partial charge is 0.348 e. The summed E-state index contributed by atoms with van der Waals surface area (Å²) in [4.78, 5) is 4.17. The van der Waals surface area contributed by atoms with Crippen LogP contribution in [0.3, 0.4) is 0 Å². The van der Waals surface area contributed by atoms with Crippen LogP contribution in [0.25, 0.3) is 0 Å². The molecule has 25 heavy (non-hydrogen) atoms. The molecule has 0 amide bonds. The van der Waals surface area contributed by atoms with Crippen molar-refractivity contribution in [3.05, 3.63) is 54.1 Å². The van der Waals surface area contributed by atoms with Crippen molar-refractivity contribution in [1.29, 1.82) is 0 Å². The Hall–Kier alpha value is -1.65. The van der Waals surface area contributed by atoms with Gasteiger partial charge in [-0.05, 0) is 30.7 Å². The molecule has 2 aromatic rings. The Morgan fingerprint density at radius 3 is 2.64 bits per heavy atom. The molecule has 0 bridgehead atoms. The second kappa shape index (κ2) is 7.30. The molecule has 1 fully saturated rings.